The molecule has 0 aromatic heterocycles. The second kappa shape index (κ2) is 5.17. The Morgan fingerprint density at radius 1 is 1.38 bits per heavy atom. The van der Waals surface area contributed by atoms with Crippen molar-refractivity contribution in [2.75, 3.05) is 13.1 Å². The molecule has 2 aliphatic rings. The van der Waals surface area contributed by atoms with E-state index in [1.807, 2.05) is 0 Å². The minimum Gasteiger partial charge on any atom is -0.353 e. The molecule has 0 aromatic carbocycles. The fourth-order valence-electron chi connectivity index (χ4n) is 2.42. The van der Waals surface area contributed by atoms with Crippen molar-refractivity contribution < 1.29 is 4.79 Å². The number of hydrogen-bond acceptors (Lipinski definition) is 2. The minimum absolute atomic E-state index is 0.217. The Morgan fingerprint density at radius 2 is 2.12 bits per heavy atom. The Labute approximate surface area is 98.4 Å². The highest BCUT2D eigenvalue weighted by molar-refractivity contribution is 5.76. The molecule has 0 saturated heterocycles. The molecule has 3 heteroatoms. The average molecular weight is 224 g/mol. The maximum atomic E-state index is 11.4. The van der Waals surface area contributed by atoms with Crippen LogP contribution in [0.25, 0.3) is 0 Å². The zero-order chi connectivity index (χ0) is 11.4. The fourth-order valence-corrected chi connectivity index (χ4v) is 2.42. The first-order valence-electron chi connectivity index (χ1n) is 6.74. The smallest absolute Gasteiger partial charge is 0.221 e. The number of nitrogens with one attached hydrogen (secondary N) is 2. The summed E-state index contributed by atoms with van der Waals surface area (Å²) in [6.45, 7) is 4.21. The molecule has 2 rings (SSSR count). The summed E-state index contributed by atoms with van der Waals surface area (Å²) in [6, 6.07) is 0.501. The summed E-state index contributed by atoms with van der Waals surface area (Å²) >= 11 is 0. The molecule has 0 unspecified atom stereocenters. The predicted octanol–water partition coefficient (Wildman–Crippen LogP) is 1.82. The van der Waals surface area contributed by atoms with Gasteiger partial charge in [0.2, 0.25) is 5.91 Å². The fraction of sp³-hybridized carbons (Fsp3) is 0.923. The summed E-state index contributed by atoms with van der Waals surface area (Å²) in [7, 11) is 0. The SMILES string of the molecule is CCC1(CNCCC(=O)NC2CC2)CCC1. The molecule has 0 aliphatic heterocycles. The van der Waals surface area contributed by atoms with E-state index in [-0.39, 0.29) is 5.91 Å². The molecule has 1 amide bonds. The lowest BCUT2D eigenvalue weighted by molar-refractivity contribution is -0.121. The van der Waals surface area contributed by atoms with Gasteiger partial charge in [0.15, 0.2) is 0 Å². The topological polar surface area (TPSA) is 41.1 Å². The largest absolute Gasteiger partial charge is 0.353 e. The molecule has 2 fully saturated rings. The molecule has 0 bridgehead atoms. The van der Waals surface area contributed by atoms with Crippen molar-refractivity contribution in [2.24, 2.45) is 5.41 Å². The van der Waals surface area contributed by atoms with E-state index in [4.69, 9.17) is 0 Å². The van der Waals surface area contributed by atoms with E-state index in [1.165, 1.54) is 38.5 Å². The third-order valence-electron chi connectivity index (χ3n) is 4.14. The van der Waals surface area contributed by atoms with Crippen molar-refractivity contribution in [2.45, 2.75) is 57.9 Å². The molecule has 16 heavy (non-hydrogen) atoms. The molecular formula is C13H24N2O. The van der Waals surface area contributed by atoms with Gasteiger partial charge in [-0.05, 0) is 37.5 Å². The van der Waals surface area contributed by atoms with Crippen molar-refractivity contribution >= 4 is 5.91 Å². The van der Waals surface area contributed by atoms with Gasteiger partial charge in [-0.25, -0.2) is 0 Å². The van der Waals surface area contributed by atoms with Crippen LogP contribution in [-0.4, -0.2) is 25.0 Å². The zero-order valence-corrected chi connectivity index (χ0v) is 10.3. The van der Waals surface area contributed by atoms with Gasteiger partial charge in [-0.1, -0.05) is 13.3 Å². The molecular weight excluding hydrogens is 200 g/mol. The number of hydrogen-bond donors (Lipinski definition) is 2. The lowest BCUT2D eigenvalue weighted by atomic mass is 9.67. The van der Waals surface area contributed by atoms with Gasteiger partial charge >= 0.3 is 0 Å². The molecule has 3 nitrogen and oxygen atoms in total. The van der Waals surface area contributed by atoms with E-state index in [0.29, 0.717) is 17.9 Å². The highest BCUT2D eigenvalue weighted by Gasteiger charge is 2.34. The van der Waals surface area contributed by atoms with E-state index in [1.54, 1.807) is 0 Å². The van der Waals surface area contributed by atoms with Gasteiger partial charge in [0, 0.05) is 25.6 Å². The Balaban J connectivity index is 1.52. The third kappa shape index (κ3) is 3.21. The standard InChI is InChI=1S/C13H24N2O/c1-2-13(7-3-8-13)10-14-9-6-12(16)15-11-4-5-11/h11,14H,2-10H2,1H3,(H,15,16). The van der Waals surface area contributed by atoms with Gasteiger partial charge in [-0.15, -0.1) is 0 Å². The molecule has 2 aliphatic carbocycles. The predicted molar refractivity (Wildman–Crippen MR) is 65.2 cm³/mol. The first kappa shape index (κ1) is 11.9. The van der Waals surface area contributed by atoms with Gasteiger partial charge in [-0.3, -0.25) is 4.79 Å². The second-order valence-corrected chi connectivity index (χ2v) is 5.48. The van der Waals surface area contributed by atoms with Crippen LogP contribution in [0.5, 0.6) is 0 Å². The van der Waals surface area contributed by atoms with Crippen molar-refractivity contribution in [3.8, 4) is 0 Å². The monoisotopic (exact) mass is 224 g/mol. The Morgan fingerprint density at radius 3 is 2.62 bits per heavy atom. The van der Waals surface area contributed by atoms with Crippen LogP contribution in [0.2, 0.25) is 0 Å². The van der Waals surface area contributed by atoms with Gasteiger partial charge in [-0.2, -0.15) is 0 Å². The summed E-state index contributed by atoms with van der Waals surface area (Å²) < 4.78 is 0. The maximum Gasteiger partial charge on any atom is 0.221 e. The number of rotatable bonds is 7. The van der Waals surface area contributed by atoms with Crippen LogP contribution in [0.1, 0.15) is 51.9 Å². The number of amides is 1. The molecule has 0 spiro atoms. The zero-order valence-electron chi connectivity index (χ0n) is 10.3. The quantitative estimate of drug-likeness (QED) is 0.648. The van der Waals surface area contributed by atoms with Crippen LogP contribution in [0.3, 0.4) is 0 Å². The molecule has 0 radical (unpaired) electrons. The van der Waals surface area contributed by atoms with Gasteiger partial charge in [0.25, 0.3) is 0 Å². The van der Waals surface area contributed by atoms with Crippen molar-refractivity contribution in [3.63, 3.8) is 0 Å². The van der Waals surface area contributed by atoms with Crippen LogP contribution >= 0.6 is 0 Å². The summed E-state index contributed by atoms with van der Waals surface area (Å²) in [5.41, 5.74) is 0.562. The van der Waals surface area contributed by atoms with Crippen LogP contribution in [-0.2, 0) is 4.79 Å². The Kier molecular flexibility index (Phi) is 3.85. The van der Waals surface area contributed by atoms with E-state index in [9.17, 15) is 4.79 Å². The number of carbonyl (C=O) groups excluding carboxylic acids is 1. The summed E-state index contributed by atoms with van der Waals surface area (Å²) in [4.78, 5) is 11.4. The second-order valence-electron chi connectivity index (χ2n) is 5.48. The molecule has 92 valence electrons. The lowest BCUT2D eigenvalue weighted by Gasteiger charge is -2.41. The Hall–Kier alpha value is -0.570. The van der Waals surface area contributed by atoms with Crippen LogP contribution in [0.15, 0.2) is 0 Å². The summed E-state index contributed by atoms with van der Waals surface area (Å²) in [5, 5.41) is 6.46. The Bertz CT molecular complexity index is 239. The maximum absolute atomic E-state index is 11.4. The van der Waals surface area contributed by atoms with Gasteiger partial charge in [0.1, 0.15) is 0 Å². The minimum atomic E-state index is 0.217. The molecule has 0 aromatic rings. The van der Waals surface area contributed by atoms with Crippen molar-refractivity contribution in [1.29, 1.82) is 0 Å². The molecule has 0 atom stereocenters. The van der Waals surface area contributed by atoms with Crippen LogP contribution in [0.4, 0.5) is 0 Å². The average Bonchev–Trinajstić information content (AvgIpc) is 2.99. The first-order valence-corrected chi connectivity index (χ1v) is 6.74. The van der Waals surface area contributed by atoms with Crippen molar-refractivity contribution in [1.82, 2.24) is 10.6 Å². The van der Waals surface area contributed by atoms with E-state index in [0.717, 1.165) is 13.1 Å². The summed E-state index contributed by atoms with van der Waals surface area (Å²) in [6.07, 6.45) is 8.38. The summed E-state index contributed by atoms with van der Waals surface area (Å²) in [5.74, 6) is 0.217. The van der Waals surface area contributed by atoms with Gasteiger partial charge in [0.05, 0.1) is 0 Å². The molecule has 0 heterocycles. The lowest BCUT2D eigenvalue weighted by Crippen LogP contribution is -2.40. The number of carbonyl (C=O) groups is 1. The van der Waals surface area contributed by atoms with Crippen LogP contribution < -0.4 is 10.6 Å². The molecule has 2 N–H and O–H groups in total. The normalized spacial score (nSPS) is 22.6. The first-order chi connectivity index (χ1) is 7.74. The van der Waals surface area contributed by atoms with Crippen molar-refractivity contribution in [3.05, 3.63) is 0 Å². The van der Waals surface area contributed by atoms with E-state index in [2.05, 4.69) is 17.6 Å². The van der Waals surface area contributed by atoms with E-state index >= 15 is 0 Å². The van der Waals surface area contributed by atoms with E-state index < -0.39 is 0 Å². The van der Waals surface area contributed by atoms with Gasteiger partial charge < -0.3 is 10.6 Å². The highest BCUT2D eigenvalue weighted by Crippen LogP contribution is 2.42. The third-order valence-corrected chi connectivity index (χ3v) is 4.14. The molecule has 2 saturated carbocycles. The highest BCUT2D eigenvalue weighted by atomic mass is 16.1. The van der Waals surface area contributed by atoms with Crippen LogP contribution in [0, 0.1) is 5.41 Å².